The van der Waals surface area contributed by atoms with E-state index in [0.29, 0.717) is 24.5 Å². The Balaban J connectivity index is 1.79. The maximum atomic E-state index is 12.8. The van der Waals surface area contributed by atoms with Gasteiger partial charge in [-0.15, -0.1) is 11.3 Å². The summed E-state index contributed by atoms with van der Waals surface area (Å²) in [4.78, 5) is 16.8. The van der Waals surface area contributed by atoms with Crippen molar-refractivity contribution in [2.75, 3.05) is 18.4 Å². The van der Waals surface area contributed by atoms with Gasteiger partial charge in [0, 0.05) is 24.2 Å². The predicted octanol–water partition coefficient (Wildman–Crippen LogP) is 3.17. The number of anilines is 1. The van der Waals surface area contributed by atoms with Crippen molar-refractivity contribution in [2.45, 2.75) is 31.1 Å². The third-order valence-corrected chi connectivity index (χ3v) is 7.03. The van der Waals surface area contributed by atoms with Crippen molar-refractivity contribution < 1.29 is 13.2 Å². The summed E-state index contributed by atoms with van der Waals surface area (Å²) >= 11 is 1.42. The van der Waals surface area contributed by atoms with Crippen LogP contribution in [0.2, 0.25) is 0 Å². The number of carbonyl (C=O) groups is 1. The number of amides is 1. The molecule has 1 fully saturated rings. The van der Waals surface area contributed by atoms with Crippen LogP contribution in [0.3, 0.4) is 0 Å². The van der Waals surface area contributed by atoms with Crippen molar-refractivity contribution in [1.82, 2.24) is 9.29 Å². The third-order valence-electron chi connectivity index (χ3n) is 4.34. The lowest BCUT2D eigenvalue weighted by Gasteiger charge is -2.26. The number of aryl methyl sites for hydroxylation is 1. The first-order valence-corrected chi connectivity index (χ1v) is 11.2. The number of rotatable bonds is 5. The quantitative estimate of drug-likeness (QED) is 0.596. The van der Waals surface area contributed by atoms with E-state index in [9.17, 15) is 18.5 Å². The molecule has 2 heterocycles. The van der Waals surface area contributed by atoms with Crippen molar-refractivity contribution >= 4 is 39.0 Å². The smallest absolute Gasteiger partial charge is 0.266 e. The number of hydrogen-bond acceptors (Lipinski definition) is 6. The molecular weight excluding hydrogens is 396 g/mol. The summed E-state index contributed by atoms with van der Waals surface area (Å²) in [7, 11) is -3.60. The lowest BCUT2D eigenvalue weighted by Crippen LogP contribution is -2.35. The van der Waals surface area contributed by atoms with Gasteiger partial charge in [0.1, 0.15) is 11.6 Å². The second-order valence-electron chi connectivity index (χ2n) is 6.41. The summed E-state index contributed by atoms with van der Waals surface area (Å²) in [6.07, 6.45) is 4.14. The van der Waals surface area contributed by atoms with E-state index in [1.165, 1.54) is 33.9 Å². The van der Waals surface area contributed by atoms with Crippen LogP contribution in [0.5, 0.6) is 0 Å². The summed E-state index contributed by atoms with van der Waals surface area (Å²) < 4.78 is 27.1. The average molecular weight is 417 g/mol. The van der Waals surface area contributed by atoms with Crippen LogP contribution in [0, 0.1) is 18.3 Å². The molecule has 1 aliphatic rings. The minimum absolute atomic E-state index is 0.102. The fourth-order valence-corrected chi connectivity index (χ4v) is 5.06. The molecule has 1 aliphatic heterocycles. The van der Waals surface area contributed by atoms with Gasteiger partial charge in [0.2, 0.25) is 10.0 Å². The monoisotopic (exact) mass is 416 g/mol. The number of nitrogens with zero attached hydrogens (tertiary/aromatic N) is 3. The largest absolute Gasteiger partial charge is 0.321 e. The maximum absolute atomic E-state index is 12.8. The fraction of sp³-hybridized carbons (Fsp3) is 0.316. The Hall–Kier alpha value is -2.54. The molecule has 1 aromatic carbocycles. The topological polar surface area (TPSA) is 103 Å². The number of aromatic nitrogens is 1. The van der Waals surface area contributed by atoms with Crippen LogP contribution in [0.4, 0.5) is 5.69 Å². The van der Waals surface area contributed by atoms with Gasteiger partial charge in [-0.05, 0) is 44.0 Å². The number of carbonyl (C=O) groups excluding carboxylic acids is 1. The van der Waals surface area contributed by atoms with Crippen LogP contribution >= 0.6 is 11.3 Å². The minimum Gasteiger partial charge on any atom is -0.321 e. The average Bonchev–Trinajstić information content (AvgIpc) is 3.11. The summed E-state index contributed by atoms with van der Waals surface area (Å²) in [6, 6.07) is 7.96. The van der Waals surface area contributed by atoms with E-state index in [1.807, 2.05) is 13.0 Å². The maximum Gasteiger partial charge on any atom is 0.266 e. The first-order valence-electron chi connectivity index (χ1n) is 8.85. The summed E-state index contributed by atoms with van der Waals surface area (Å²) in [5.74, 6) is -0.610. The van der Waals surface area contributed by atoms with Crippen molar-refractivity contribution in [3.05, 3.63) is 45.9 Å². The zero-order chi connectivity index (χ0) is 20.1. The second kappa shape index (κ2) is 8.65. The van der Waals surface area contributed by atoms with Crippen LogP contribution in [0.15, 0.2) is 40.1 Å². The van der Waals surface area contributed by atoms with Gasteiger partial charge < -0.3 is 5.32 Å². The highest BCUT2D eigenvalue weighted by molar-refractivity contribution is 7.89. The molecule has 0 bridgehead atoms. The molecule has 1 saturated heterocycles. The Morgan fingerprint density at radius 1 is 1.32 bits per heavy atom. The Bertz CT molecular complexity index is 1050. The second-order valence-corrected chi connectivity index (χ2v) is 9.41. The van der Waals surface area contributed by atoms with Gasteiger partial charge in [0.15, 0.2) is 0 Å². The molecule has 7 nitrogen and oxygen atoms in total. The standard InChI is InChI=1S/C19H20N4O3S2/c1-14-21-17(13-27-14)10-15(12-20)19(24)22-16-6-5-7-18(11-16)28(25,26)23-8-3-2-4-9-23/h5-7,10-11,13H,2-4,8-9H2,1H3,(H,22,24)/b15-10+. The van der Waals surface area contributed by atoms with Crippen LogP contribution in [0.1, 0.15) is 30.0 Å². The molecule has 0 aliphatic carbocycles. The first-order chi connectivity index (χ1) is 13.4. The highest BCUT2D eigenvalue weighted by atomic mass is 32.2. The van der Waals surface area contributed by atoms with E-state index < -0.39 is 15.9 Å². The normalized spacial score (nSPS) is 15.8. The van der Waals surface area contributed by atoms with E-state index in [1.54, 1.807) is 17.5 Å². The van der Waals surface area contributed by atoms with E-state index in [0.717, 1.165) is 24.3 Å². The SMILES string of the molecule is Cc1nc(/C=C(\C#N)C(=O)Nc2cccc(S(=O)(=O)N3CCCCC3)c2)cs1. The van der Waals surface area contributed by atoms with Crippen molar-refractivity contribution in [2.24, 2.45) is 0 Å². The summed E-state index contributed by atoms with van der Waals surface area (Å²) in [5, 5.41) is 14.5. The summed E-state index contributed by atoms with van der Waals surface area (Å²) in [5.41, 5.74) is 0.754. The molecule has 3 rings (SSSR count). The molecule has 146 valence electrons. The van der Waals surface area contributed by atoms with E-state index in [4.69, 9.17) is 0 Å². The summed E-state index contributed by atoms with van der Waals surface area (Å²) in [6.45, 7) is 2.85. The number of thiazole rings is 1. The number of benzene rings is 1. The molecule has 0 saturated carbocycles. The van der Waals surface area contributed by atoms with Gasteiger partial charge in [-0.25, -0.2) is 13.4 Å². The van der Waals surface area contributed by atoms with Crippen LogP contribution in [0.25, 0.3) is 6.08 Å². The predicted molar refractivity (Wildman–Crippen MR) is 108 cm³/mol. The molecular formula is C19H20N4O3S2. The lowest BCUT2D eigenvalue weighted by atomic mass is 10.2. The first kappa shape index (κ1) is 20.2. The van der Waals surface area contributed by atoms with Crippen molar-refractivity contribution in [3.63, 3.8) is 0 Å². The van der Waals surface area contributed by atoms with E-state index >= 15 is 0 Å². The van der Waals surface area contributed by atoms with Crippen molar-refractivity contribution in [1.29, 1.82) is 5.26 Å². The number of hydrogen-bond donors (Lipinski definition) is 1. The zero-order valence-corrected chi connectivity index (χ0v) is 17.0. The van der Waals surface area contributed by atoms with Gasteiger partial charge in [-0.3, -0.25) is 4.79 Å². The Labute approximate surface area is 168 Å². The van der Waals surface area contributed by atoms with E-state index in [-0.39, 0.29) is 10.5 Å². The van der Waals surface area contributed by atoms with Gasteiger partial charge in [-0.1, -0.05) is 12.5 Å². The van der Waals surface area contributed by atoms with E-state index in [2.05, 4.69) is 10.3 Å². The zero-order valence-electron chi connectivity index (χ0n) is 15.4. The number of piperidine rings is 1. The van der Waals surface area contributed by atoms with Gasteiger partial charge in [-0.2, -0.15) is 9.57 Å². The molecule has 1 aromatic heterocycles. The highest BCUT2D eigenvalue weighted by Gasteiger charge is 2.26. The Morgan fingerprint density at radius 2 is 2.07 bits per heavy atom. The third kappa shape index (κ3) is 4.65. The lowest BCUT2D eigenvalue weighted by molar-refractivity contribution is -0.112. The molecule has 1 amide bonds. The number of nitriles is 1. The molecule has 0 unspecified atom stereocenters. The Kier molecular flexibility index (Phi) is 6.24. The van der Waals surface area contributed by atoms with Crippen LogP contribution in [-0.2, 0) is 14.8 Å². The molecule has 9 heteroatoms. The Morgan fingerprint density at radius 3 is 2.71 bits per heavy atom. The van der Waals surface area contributed by atoms with Crippen molar-refractivity contribution in [3.8, 4) is 6.07 Å². The molecule has 0 radical (unpaired) electrons. The van der Waals surface area contributed by atoms with Gasteiger partial charge in [0.25, 0.3) is 5.91 Å². The molecule has 1 N–H and O–H groups in total. The van der Waals surface area contributed by atoms with Crippen LogP contribution in [-0.4, -0.2) is 36.7 Å². The number of nitrogens with one attached hydrogen (secondary N) is 1. The molecule has 2 aromatic rings. The van der Waals surface area contributed by atoms with Gasteiger partial charge in [0.05, 0.1) is 15.6 Å². The fourth-order valence-electron chi connectivity index (χ4n) is 2.93. The minimum atomic E-state index is -3.60. The highest BCUT2D eigenvalue weighted by Crippen LogP contribution is 2.23. The van der Waals surface area contributed by atoms with Gasteiger partial charge >= 0.3 is 0 Å². The van der Waals surface area contributed by atoms with Crippen LogP contribution < -0.4 is 5.32 Å². The molecule has 28 heavy (non-hydrogen) atoms. The number of sulfonamides is 1. The molecule has 0 atom stereocenters. The molecule has 0 spiro atoms.